The van der Waals surface area contributed by atoms with Gasteiger partial charge in [0.25, 0.3) is 0 Å². The first-order valence-electron chi connectivity index (χ1n) is 6.22. The molecule has 1 aromatic carbocycles. The van der Waals surface area contributed by atoms with E-state index < -0.39 is 5.97 Å². The van der Waals surface area contributed by atoms with E-state index >= 15 is 0 Å². The minimum Gasteiger partial charge on any atom is -0.496 e. The summed E-state index contributed by atoms with van der Waals surface area (Å²) in [6.07, 6.45) is 3.44. The van der Waals surface area contributed by atoms with Gasteiger partial charge in [0.05, 0.1) is 13.7 Å². The van der Waals surface area contributed by atoms with Gasteiger partial charge in [0.15, 0.2) is 0 Å². The van der Waals surface area contributed by atoms with Crippen molar-refractivity contribution in [1.82, 2.24) is 9.13 Å². The lowest BCUT2D eigenvalue weighted by Crippen LogP contribution is -2.23. The standard InChI is InChI=1S/C14H16N2O4/c1-3-15-6-7-16(14(15)19)9-10-4-5-11(13(17)18)12(8-10)20-2/h4-8H,3,9H2,1-2H3,(H,17,18). The third-order valence-electron chi connectivity index (χ3n) is 3.11. The van der Waals surface area contributed by atoms with E-state index in [4.69, 9.17) is 9.84 Å². The average molecular weight is 276 g/mol. The van der Waals surface area contributed by atoms with Gasteiger partial charge in [-0.05, 0) is 24.6 Å². The van der Waals surface area contributed by atoms with Gasteiger partial charge in [0.2, 0.25) is 0 Å². The lowest BCUT2D eigenvalue weighted by Gasteiger charge is -2.08. The Balaban J connectivity index is 2.32. The quantitative estimate of drug-likeness (QED) is 0.896. The second-order valence-corrected chi connectivity index (χ2v) is 4.33. The number of carboxylic acids is 1. The van der Waals surface area contributed by atoms with Crippen molar-refractivity contribution in [1.29, 1.82) is 0 Å². The highest BCUT2D eigenvalue weighted by atomic mass is 16.5. The number of carbonyl (C=O) groups is 1. The number of nitrogens with zero attached hydrogens (tertiary/aromatic N) is 2. The van der Waals surface area contributed by atoms with Crippen molar-refractivity contribution >= 4 is 5.97 Å². The van der Waals surface area contributed by atoms with Gasteiger partial charge in [-0.1, -0.05) is 6.07 Å². The Morgan fingerprint density at radius 3 is 2.55 bits per heavy atom. The molecule has 1 N–H and O–H groups in total. The molecular weight excluding hydrogens is 260 g/mol. The lowest BCUT2D eigenvalue weighted by atomic mass is 10.1. The van der Waals surface area contributed by atoms with Gasteiger partial charge in [-0.15, -0.1) is 0 Å². The fourth-order valence-corrected chi connectivity index (χ4v) is 2.02. The predicted octanol–water partition coefficient (Wildman–Crippen LogP) is 1.42. The number of aromatic nitrogens is 2. The van der Waals surface area contributed by atoms with Crippen molar-refractivity contribution in [3.63, 3.8) is 0 Å². The van der Waals surface area contributed by atoms with Gasteiger partial charge >= 0.3 is 11.7 Å². The molecule has 0 fully saturated rings. The Labute approximate surface area is 115 Å². The summed E-state index contributed by atoms with van der Waals surface area (Å²) in [5, 5.41) is 9.02. The van der Waals surface area contributed by atoms with Crippen molar-refractivity contribution in [3.05, 3.63) is 52.2 Å². The number of aryl methyl sites for hydroxylation is 1. The molecule has 0 radical (unpaired) electrons. The maximum atomic E-state index is 11.9. The van der Waals surface area contributed by atoms with E-state index in [0.29, 0.717) is 13.1 Å². The summed E-state index contributed by atoms with van der Waals surface area (Å²) in [7, 11) is 1.42. The van der Waals surface area contributed by atoms with Crippen LogP contribution in [0.4, 0.5) is 0 Å². The molecular formula is C14H16N2O4. The summed E-state index contributed by atoms with van der Waals surface area (Å²) >= 11 is 0. The number of aromatic carboxylic acids is 1. The van der Waals surface area contributed by atoms with E-state index in [1.54, 1.807) is 33.7 Å². The number of rotatable bonds is 5. The average Bonchev–Trinajstić information content (AvgIpc) is 2.79. The van der Waals surface area contributed by atoms with Crippen molar-refractivity contribution in [2.45, 2.75) is 20.0 Å². The Morgan fingerprint density at radius 1 is 1.30 bits per heavy atom. The largest absolute Gasteiger partial charge is 0.496 e. The highest BCUT2D eigenvalue weighted by Crippen LogP contribution is 2.20. The normalized spacial score (nSPS) is 10.5. The summed E-state index contributed by atoms with van der Waals surface area (Å²) in [6.45, 7) is 2.89. The Kier molecular flexibility index (Phi) is 3.93. The van der Waals surface area contributed by atoms with Crippen LogP contribution in [0.15, 0.2) is 35.4 Å². The third kappa shape index (κ3) is 2.59. The Hall–Kier alpha value is -2.50. The molecule has 0 aliphatic heterocycles. The van der Waals surface area contributed by atoms with Gasteiger partial charge in [0.1, 0.15) is 11.3 Å². The maximum Gasteiger partial charge on any atom is 0.339 e. The summed E-state index contributed by atoms with van der Waals surface area (Å²) in [4.78, 5) is 22.9. The molecule has 20 heavy (non-hydrogen) atoms. The highest BCUT2D eigenvalue weighted by Gasteiger charge is 2.12. The van der Waals surface area contributed by atoms with Crippen molar-refractivity contribution in [2.75, 3.05) is 7.11 Å². The van der Waals surface area contributed by atoms with E-state index in [2.05, 4.69) is 0 Å². The molecule has 1 aromatic heterocycles. The van der Waals surface area contributed by atoms with Crippen LogP contribution >= 0.6 is 0 Å². The second kappa shape index (κ2) is 5.64. The van der Waals surface area contributed by atoms with Crippen LogP contribution in [0.1, 0.15) is 22.8 Å². The third-order valence-corrected chi connectivity index (χ3v) is 3.11. The SMILES string of the molecule is CCn1ccn(Cc2ccc(C(=O)O)c(OC)c2)c1=O. The summed E-state index contributed by atoms with van der Waals surface area (Å²) in [5.41, 5.74) is 0.825. The molecule has 0 unspecified atom stereocenters. The number of imidazole rings is 1. The molecule has 6 heteroatoms. The minimum atomic E-state index is -1.04. The smallest absolute Gasteiger partial charge is 0.339 e. The van der Waals surface area contributed by atoms with Gasteiger partial charge in [-0.25, -0.2) is 9.59 Å². The molecule has 0 aliphatic rings. The van der Waals surface area contributed by atoms with E-state index in [1.165, 1.54) is 13.2 Å². The van der Waals surface area contributed by atoms with Crippen LogP contribution in [-0.4, -0.2) is 27.3 Å². The number of benzene rings is 1. The fourth-order valence-electron chi connectivity index (χ4n) is 2.02. The van der Waals surface area contributed by atoms with E-state index in [-0.39, 0.29) is 17.0 Å². The zero-order chi connectivity index (χ0) is 14.7. The predicted molar refractivity (Wildman–Crippen MR) is 73.4 cm³/mol. The first-order valence-corrected chi connectivity index (χ1v) is 6.22. The Morgan fingerprint density at radius 2 is 2.00 bits per heavy atom. The molecule has 2 rings (SSSR count). The van der Waals surface area contributed by atoms with E-state index in [0.717, 1.165) is 5.56 Å². The molecule has 0 saturated carbocycles. The molecule has 0 bridgehead atoms. The molecule has 2 aromatic rings. The summed E-state index contributed by atoms with van der Waals surface area (Å²) in [5.74, 6) is -0.749. The van der Waals surface area contributed by atoms with Crippen LogP contribution in [0.5, 0.6) is 5.75 Å². The summed E-state index contributed by atoms with van der Waals surface area (Å²) in [6, 6.07) is 4.80. The molecule has 0 spiro atoms. The number of ether oxygens (including phenoxy) is 1. The van der Waals surface area contributed by atoms with Gasteiger partial charge in [0, 0.05) is 18.9 Å². The van der Waals surface area contributed by atoms with Crippen LogP contribution in [0.2, 0.25) is 0 Å². The van der Waals surface area contributed by atoms with E-state index in [1.807, 2.05) is 6.92 Å². The molecule has 0 saturated heterocycles. The Bertz CT molecular complexity index is 685. The molecule has 1 heterocycles. The highest BCUT2D eigenvalue weighted by molar-refractivity contribution is 5.90. The van der Waals surface area contributed by atoms with Crippen molar-refractivity contribution < 1.29 is 14.6 Å². The van der Waals surface area contributed by atoms with Crippen molar-refractivity contribution in [2.24, 2.45) is 0 Å². The van der Waals surface area contributed by atoms with Crippen LogP contribution < -0.4 is 10.4 Å². The zero-order valence-electron chi connectivity index (χ0n) is 11.4. The molecule has 106 valence electrons. The number of methoxy groups -OCH3 is 1. The van der Waals surface area contributed by atoms with Crippen LogP contribution in [-0.2, 0) is 13.1 Å². The van der Waals surface area contributed by atoms with Crippen LogP contribution in [0.3, 0.4) is 0 Å². The zero-order valence-corrected chi connectivity index (χ0v) is 11.4. The molecule has 0 atom stereocenters. The first-order chi connectivity index (χ1) is 9.56. The maximum absolute atomic E-state index is 11.9. The molecule has 0 aliphatic carbocycles. The topological polar surface area (TPSA) is 73.5 Å². The molecule has 6 nitrogen and oxygen atoms in total. The van der Waals surface area contributed by atoms with Gasteiger partial charge < -0.3 is 9.84 Å². The minimum absolute atomic E-state index is 0.0891. The first kappa shape index (κ1) is 13.9. The number of hydrogen-bond donors (Lipinski definition) is 1. The fraction of sp³-hybridized carbons (Fsp3) is 0.286. The van der Waals surface area contributed by atoms with E-state index in [9.17, 15) is 9.59 Å². The lowest BCUT2D eigenvalue weighted by molar-refractivity contribution is 0.0693. The monoisotopic (exact) mass is 276 g/mol. The summed E-state index contributed by atoms with van der Waals surface area (Å²) < 4.78 is 8.24. The van der Waals surface area contributed by atoms with Gasteiger partial charge in [-0.2, -0.15) is 0 Å². The molecule has 0 amide bonds. The number of carboxylic acid groups (broad SMARTS) is 1. The van der Waals surface area contributed by atoms with Gasteiger partial charge in [-0.3, -0.25) is 9.13 Å². The van der Waals surface area contributed by atoms with Crippen LogP contribution in [0.25, 0.3) is 0 Å². The number of hydrogen-bond acceptors (Lipinski definition) is 3. The second-order valence-electron chi connectivity index (χ2n) is 4.33. The van der Waals surface area contributed by atoms with Crippen molar-refractivity contribution in [3.8, 4) is 5.75 Å². The van der Waals surface area contributed by atoms with Crippen LogP contribution in [0, 0.1) is 0 Å².